The zero-order valence-electron chi connectivity index (χ0n) is 14.7. The Hall–Kier alpha value is -2.31. The smallest absolute Gasteiger partial charge is 0.213 e. The third-order valence-electron chi connectivity index (χ3n) is 3.95. The van der Waals surface area contributed by atoms with E-state index in [0.717, 1.165) is 11.4 Å². The second-order valence-electron chi connectivity index (χ2n) is 6.17. The van der Waals surface area contributed by atoms with Crippen LogP contribution in [0.2, 0.25) is 10.0 Å². The molecular weight excluding hydrogens is 373 g/mol. The molecule has 1 aromatic carbocycles. The lowest BCUT2D eigenvalue weighted by Crippen LogP contribution is -2.10. The molecule has 3 aromatic rings. The summed E-state index contributed by atoms with van der Waals surface area (Å²) in [4.78, 5) is 4.33. The lowest BCUT2D eigenvalue weighted by molar-refractivity contribution is 0.283. The third kappa shape index (κ3) is 3.61. The van der Waals surface area contributed by atoms with Gasteiger partial charge in [-0.15, -0.1) is 5.10 Å². The number of hydrogen-bond donors (Lipinski definition) is 1. The summed E-state index contributed by atoms with van der Waals surface area (Å²) in [6.45, 7) is 6.13. The van der Waals surface area contributed by atoms with Gasteiger partial charge >= 0.3 is 0 Å². The Kier molecular flexibility index (Phi) is 5.34. The van der Waals surface area contributed by atoms with Gasteiger partial charge in [-0.25, -0.2) is 9.67 Å². The van der Waals surface area contributed by atoms with Crippen molar-refractivity contribution in [3.8, 4) is 11.6 Å². The fraction of sp³-hybridized carbons (Fsp3) is 0.278. The normalized spacial score (nSPS) is 11.2. The highest BCUT2D eigenvalue weighted by Crippen LogP contribution is 2.31. The molecule has 0 aliphatic heterocycles. The van der Waals surface area contributed by atoms with Crippen molar-refractivity contribution in [3.05, 3.63) is 57.5 Å². The molecule has 0 aliphatic rings. The lowest BCUT2D eigenvalue weighted by Gasteiger charge is -2.13. The van der Waals surface area contributed by atoms with Gasteiger partial charge in [0.15, 0.2) is 0 Å². The van der Waals surface area contributed by atoms with E-state index in [1.165, 1.54) is 0 Å². The van der Waals surface area contributed by atoms with E-state index in [-0.39, 0.29) is 12.5 Å². The summed E-state index contributed by atoms with van der Waals surface area (Å²) in [6.07, 6.45) is 0. The van der Waals surface area contributed by atoms with Gasteiger partial charge < -0.3 is 10.5 Å². The zero-order valence-corrected chi connectivity index (χ0v) is 16.2. The van der Waals surface area contributed by atoms with Crippen molar-refractivity contribution >= 4 is 28.9 Å². The maximum atomic E-state index is 6.34. The third-order valence-corrected chi connectivity index (χ3v) is 4.56. The molecule has 0 saturated carbocycles. The largest absolute Gasteiger partial charge is 0.471 e. The number of aryl methyl sites for hydroxylation is 1. The molecule has 0 unspecified atom stereocenters. The first-order valence-corrected chi connectivity index (χ1v) is 8.89. The Morgan fingerprint density at radius 3 is 2.46 bits per heavy atom. The summed E-state index contributed by atoms with van der Waals surface area (Å²) in [6, 6.07) is 8.80. The molecule has 0 spiro atoms. The van der Waals surface area contributed by atoms with Crippen LogP contribution >= 0.6 is 23.2 Å². The van der Waals surface area contributed by atoms with Gasteiger partial charge in [0.2, 0.25) is 5.88 Å². The van der Waals surface area contributed by atoms with Crippen LogP contribution in [-0.2, 0) is 6.61 Å². The molecule has 8 heteroatoms. The average molecular weight is 392 g/mol. The number of halogens is 2. The van der Waals surface area contributed by atoms with E-state index in [1.807, 2.05) is 20.8 Å². The van der Waals surface area contributed by atoms with Crippen molar-refractivity contribution in [2.24, 2.45) is 0 Å². The highest BCUT2D eigenvalue weighted by molar-refractivity contribution is 6.37. The quantitative estimate of drug-likeness (QED) is 0.689. The Morgan fingerprint density at radius 1 is 1.15 bits per heavy atom. The number of anilines is 1. The van der Waals surface area contributed by atoms with Crippen molar-refractivity contribution < 1.29 is 4.74 Å². The van der Waals surface area contributed by atoms with Gasteiger partial charge in [0.25, 0.3) is 0 Å². The van der Waals surface area contributed by atoms with Crippen LogP contribution in [0.1, 0.15) is 36.8 Å². The van der Waals surface area contributed by atoms with Gasteiger partial charge in [0, 0.05) is 6.07 Å². The predicted molar refractivity (Wildman–Crippen MR) is 103 cm³/mol. The molecule has 6 nitrogen and oxygen atoms in total. The highest BCUT2D eigenvalue weighted by Gasteiger charge is 2.21. The molecule has 26 heavy (non-hydrogen) atoms. The molecule has 0 aliphatic carbocycles. The van der Waals surface area contributed by atoms with Crippen LogP contribution in [0.25, 0.3) is 5.69 Å². The van der Waals surface area contributed by atoms with Crippen LogP contribution in [0.3, 0.4) is 0 Å². The van der Waals surface area contributed by atoms with Crippen LogP contribution in [-0.4, -0.2) is 20.0 Å². The fourth-order valence-electron chi connectivity index (χ4n) is 2.54. The van der Waals surface area contributed by atoms with E-state index < -0.39 is 0 Å². The summed E-state index contributed by atoms with van der Waals surface area (Å²) < 4.78 is 7.49. The van der Waals surface area contributed by atoms with Crippen LogP contribution in [0.5, 0.6) is 5.88 Å². The monoisotopic (exact) mass is 391 g/mol. The Balaban J connectivity index is 1.99. The minimum absolute atomic E-state index is 0.157. The molecule has 2 heterocycles. The maximum Gasteiger partial charge on any atom is 0.213 e. The Morgan fingerprint density at radius 2 is 1.85 bits per heavy atom. The van der Waals surface area contributed by atoms with Crippen molar-refractivity contribution in [1.29, 1.82) is 0 Å². The maximum absolute atomic E-state index is 6.34. The first-order valence-electron chi connectivity index (χ1n) is 8.13. The molecule has 0 amide bonds. The minimum atomic E-state index is 0.157. The molecule has 136 valence electrons. The lowest BCUT2D eigenvalue weighted by atomic mass is 10.1. The second kappa shape index (κ2) is 7.51. The summed E-state index contributed by atoms with van der Waals surface area (Å²) in [5.41, 5.74) is 9.30. The Bertz CT molecular complexity index is 919. The van der Waals surface area contributed by atoms with Crippen molar-refractivity contribution in [2.45, 2.75) is 33.3 Å². The molecule has 0 atom stereocenters. The molecule has 2 N–H and O–H groups in total. The van der Waals surface area contributed by atoms with Crippen LogP contribution in [0.15, 0.2) is 30.3 Å². The van der Waals surface area contributed by atoms with Gasteiger partial charge in [0.05, 0.1) is 27.1 Å². The van der Waals surface area contributed by atoms with Gasteiger partial charge in [-0.3, -0.25) is 0 Å². The van der Waals surface area contributed by atoms with E-state index >= 15 is 0 Å². The van der Waals surface area contributed by atoms with Gasteiger partial charge in [-0.1, -0.05) is 48.3 Å². The average Bonchev–Trinajstić information content (AvgIpc) is 3.00. The van der Waals surface area contributed by atoms with E-state index in [1.54, 1.807) is 35.0 Å². The summed E-state index contributed by atoms with van der Waals surface area (Å²) in [7, 11) is 0. The van der Waals surface area contributed by atoms with Gasteiger partial charge in [0.1, 0.15) is 18.0 Å². The summed E-state index contributed by atoms with van der Waals surface area (Å²) in [5, 5.41) is 9.52. The van der Waals surface area contributed by atoms with Crippen molar-refractivity contribution in [1.82, 2.24) is 20.0 Å². The predicted octanol–water partition coefficient (Wildman–Crippen LogP) is 4.56. The number of para-hydroxylation sites is 1. The number of nitrogens with zero attached hydrogens (tertiary/aromatic N) is 4. The summed E-state index contributed by atoms with van der Waals surface area (Å²) >= 11 is 12.7. The number of rotatable bonds is 5. The number of ether oxygens (including phenoxy) is 1. The van der Waals surface area contributed by atoms with E-state index in [2.05, 4.69) is 15.3 Å². The summed E-state index contributed by atoms with van der Waals surface area (Å²) in [5.74, 6) is 0.633. The first kappa shape index (κ1) is 18.5. The Labute approximate surface area is 161 Å². The topological polar surface area (TPSA) is 78.9 Å². The standard InChI is InChI=1S/C18H19Cl2N5O/c1-10(2)17-15(9-26-16-8-7-14(21)11(3)22-16)25(24-23-17)18-12(19)5-4-6-13(18)20/h4-8,10H,9,21H2,1-3H3. The van der Waals surface area contributed by atoms with Crippen LogP contribution in [0, 0.1) is 6.92 Å². The van der Waals surface area contributed by atoms with Crippen LogP contribution < -0.4 is 10.5 Å². The number of benzene rings is 1. The molecular formula is C18H19Cl2N5O. The van der Waals surface area contributed by atoms with Gasteiger partial charge in [-0.05, 0) is 31.0 Å². The van der Waals surface area contributed by atoms with Gasteiger partial charge in [-0.2, -0.15) is 0 Å². The highest BCUT2D eigenvalue weighted by atomic mass is 35.5. The van der Waals surface area contributed by atoms with E-state index in [9.17, 15) is 0 Å². The van der Waals surface area contributed by atoms with E-state index in [0.29, 0.717) is 33.0 Å². The minimum Gasteiger partial charge on any atom is -0.471 e. The second-order valence-corrected chi connectivity index (χ2v) is 6.99. The molecule has 2 aromatic heterocycles. The molecule has 0 saturated heterocycles. The number of nitrogen functional groups attached to an aromatic ring is 1. The molecule has 0 fully saturated rings. The fourth-order valence-corrected chi connectivity index (χ4v) is 3.10. The zero-order chi connectivity index (χ0) is 18.8. The number of pyridine rings is 1. The number of hydrogen-bond acceptors (Lipinski definition) is 5. The number of nitrogens with two attached hydrogens (primary N) is 1. The molecule has 0 bridgehead atoms. The van der Waals surface area contributed by atoms with Crippen molar-refractivity contribution in [2.75, 3.05) is 5.73 Å². The first-order chi connectivity index (χ1) is 12.4. The number of aromatic nitrogens is 4. The van der Waals surface area contributed by atoms with Crippen molar-refractivity contribution in [3.63, 3.8) is 0 Å². The molecule has 0 radical (unpaired) electrons. The molecule has 3 rings (SSSR count). The van der Waals surface area contributed by atoms with E-state index in [4.69, 9.17) is 33.7 Å². The van der Waals surface area contributed by atoms with Crippen LogP contribution in [0.4, 0.5) is 5.69 Å². The SMILES string of the molecule is Cc1nc(OCc2c(C(C)C)nnn2-c2c(Cl)cccc2Cl)ccc1N.